The number of aliphatic hydroxyl groups is 1. The van der Waals surface area contributed by atoms with E-state index in [0.717, 1.165) is 32.1 Å². The number of carbonyl (C=O) groups is 3. The first-order valence-corrected chi connectivity index (χ1v) is 10.2. The van der Waals surface area contributed by atoms with Crippen molar-refractivity contribution in [2.24, 2.45) is 11.8 Å². The third-order valence-corrected chi connectivity index (χ3v) is 7.05. The van der Waals surface area contributed by atoms with Gasteiger partial charge in [-0.3, -0.25) is 24.6 Å². The minimum absolute atomic E-state index is 0.0919. The number of para-hydroxylation sites is 1. The molecule has 3 N–H and O–H groups in total. The van der Waals surface area contributed by atoms with E-state index in [-0.39, 0.29) is 23.8 Å². The summed E-state index contributed by atoms with van der Waals surface area (Å²) < 4.78 is 0. The van der Waals surface area contributed by atoms with Crippen LogP contribution in [0.2, 0.25) is 0 Å². The minimum Gasteiger partial charge on any atom is -0.392 e. The largest absolute Gasteiger partial charge is 0.392 e. The molecule has 7 nitrogen and oxygen atoms in total. The van der Waals surface area contributed by atoms with Gasteiger partial charge in [0, 0.05) is 23.3 Å². The van der Waals surface area contributed by atoms with Crippen LogP contribution in [-0.2, 0) is 19.9 Å². The first kappa shape index (κ1) is 17.8. The third kappa shape index (κ3) is 2.14. The van der Waals surface area contributed by atoms with E-state index in [1.54, 1.807) is 13.0 Å². The predicted molar refractivity (Wildman–Crippen MR) is 101 cm³/mol. The van der Waals surface area contributed by atoms with Crippen LogP contribution in [0.1, 0.15) is 44.6 Å². The van der Waals surface area contributed by atoms with E-state index in [0.29, 0.717) is 11.3 Å². The normalized spacial score (nSPS) is 36.0. The van der Waals surface area contributed by atoms with Crippen LogP contribution in [0.4, 0.5) is 5.69 Å². The second-order valence-electron chi connectivity index (χ2n) is 8.56. The zero-order valence-electron chi connectivity index (χ0n) is 15.9. The molecule has 7 heteroatoms. The number of anilines is 1. The number of hydrogen-bond donors (Lipinski definition) is 3. The first-order chi connectivity index (χ1) is 13.5. The summed E-state index contributed by atoms with van der Waals surface area (Å²) in [5, 5.41) is 16.5. The molecule has 1 aliphatic carbocycles. The van der Waals surface area contributed by atoms with E-state index in [2.05, 4.69) is 10.6 Å². The molecule has 0 bridgehead atoms. The van der Waals surface area contributed by atoms with Gasteiger partial charge >= 0.3 is 0 Å². The number of nitrogens with one attached hydrogen (secondary N) is 2. The van der Waals surface area contributed by atoms with E-state index in [1.165, 1.54) is 4.90 Å². The van der Waals surface area contributed by atoms with Crippen LogP contribution in [0.5, 0.6) is 0 Å². The highest BCUT2D eigenvalue weighted by molar-refractivity contribution is 6.15. The molecule has 2 saturated heterocycles. The molecule has 3 amide bonds. The number of carbonyl (C=O) groups excluding carboxylic acids is 3. The molecule has 28 heavy (non-hydrogen) atoms. The maximum absolute atomic E-state index is 13.6. The molecular formula is C21H25N3O4. The number of fused-ring (bicyclic) bond motifs is 4. The van der Waals surface area contributed by atoms with E-state index < -0.39 is 29.5 Å². The fraction of sp³-hybridized carbons (Fsp3) is 0.571. The summed E-state index contributed by atoms with van der Waals surface area (Å²) in [4.78, 5) is 41.6. The molecule has 1 aromatic rings. The molecule has 148 valence electrons. The highest BCUT2D eigenvalue weighted by Crippen LogP contribution is 2.54. The highest BCUT2D eigenvalue weighted by atomic mass is 16.3. The number of nitrogens with zero attached hydrogens (tertiary/aromatic N) is 1. The fourth-order valence-electron chi connectivity index (χ4n) is 5.82. The van der Waals surface area contributed by atoms with Gasteiger partial charge in [0.25, 0.3) is 0 Å². The van der Waals surface area contributed by atoms with E-state index in [9.17, 15) is 19.5 Å². The summed E-state index contributed by atoms with van der Waals surface area (Å²) in [6.07, 6.45) is 3.90. The molecule has 1 spiro atoms. The number of aliphatic hydroxyl groups excluding tert-OH is 1. The Hall–Kier alpha value is -2.25. The maximum atomic E-state index is 13.6. The zero-order valence-corrected chi connectivity index (χ0v) is 15.9. The molecule has 3 fully saturated rings. The van der Waals surface area contributed by atoms with Gasteiger partial charge < -0.3 is 10.4 Å². The van der Waals surface area contributed by atoms with Gasteiger partial charge in [0.05, 0.1) is 17.9 Å². The molecule has 3 aliphatic heterocycles. The standard InChI is InChI=1S/C21H25N3O4/c1-11(25)17-15-16(19(27)24(18(15)26)12-7-3-2-4-8-12)21(23-17)13-9-5-6-10-14(13)22-20(21)28/h5-6,9-12,15-17,23,25H,2-4,7-8H2,1H3,(H,22,28)/t11-,15+,16+,17+,21+/m1/s1. The van der Waals surface area contributed by atoms with Gasteiger partial charge in [0.2, 0.25) is 17.7 Å². The van der Waals surface area contributed by atoms with Crippen molar-refractivity contribution in [3.8, 4) is 0 Å². The number of imide groups is 1. The second-order valence-corrected chi connectivity index (χ2v) is 8.56. The molecule has 0 unspecified atom stereocenters. The Balaban J connectivity index is 1.63. The molecule has 0 radical (unpaired) electrons. The van der Waals surface area contributed by atoms with Crippen molar-refractivity contribution < 1.29 is 19.5 Å². The summed E-state index contributed by atoms with van der Waals surface area (Å²) in [6.45, 7) is 1.60. The summed E-state index contributed by atoms with van der Waals surface area (Å²) in [5.41, 5.74) is 0.0326. The van der Waals surface area contributed by atoms with Gasteiger partial charge in [0.1, 0.15) is 5.54 Å². The minimum atomic E-state index is -1.31. The molecule has 1 saturated carbocycles. The Morgan fingerprint density at radius 3 is 2.54 bits per heavy atom. The Morgan fingerprint density at radius 2 is 1.82 bits per heavy atom. The molecule has 5 atom stereocenters. The molecular weight excluding hydrogens is 358 g/mol. The first-order valence-electron chi connectivity index (χ1n) is 10.2. The van der Waals surface area contributed by atoms with Crippen LogP contribution >= 0.6 is 0 Å². The van der Waals surface area contributed by atoms with Crippen LogP contribution in [0, 0.1) is 11.8 Å². The lowest BCUT2D eigenvalue weighted by Crippen LogP contribution is -2.56. The number of benzene rings is 1. The van der Waals surface area contributed by atoms with Gasteiger partial charge in [-0.25, -0.2) is 0 Å². The van der Waals surface area contributed by atoms with Crippen molar-refractivity contribution in [1.82, 2.24) is 10.2 Å². The molecule has 1 aromatic carbocycles. The van der Waals surface area contributed by atoms with Gasteiger partial charge in [0.15, 0.2) is 0 Å². The van der Waals surface area contributed by atoms with Crippen molar-refractivity contribution in [1.29, 1.82) is 0 Å². The lowest BCUT2D eigenvalue weighted by atomic mass is 9.76. The summed E-state index contributed by atoms with van der Waals surface area (Å²) in [6, 6.07) is 6.54. The Bertz CT molecular complexity index is 863. The van der Waals surface area contributed by atoms with Crippen LogP contribution in [0.25, 0.3) is 0 Å². The average molecular weight is 383 g/mol. The van der Waals surface area contributed by atoms with Crippen LogP contribution in [0.15, 0.2) is 24.3 Å². The highest BCUT2D eigenvalue weighted by Gasteiger charge is 2.71. The second kappa shape index (κ2) is 6.12. The molecule has 5 rings (SSSR count). The lowest BCUT2D eigenvalue weighted by molar-refractivity contribution is -0.146. The van der Waals surface area contributed by atoms with E-state index >= 15 is 0 Å². The van der Waals surface area contributed by atoms with E-state index in [4.69, 9.17) is 0 Å². The predicted octanol–water partition coefficient (Wildman–Crippen LogP) is 1.12. The number of hydrogen-bond acceptors (Lipinski definition) is 5. The van der Waals surface area contributed by atoms with Crippen molar-refractivity contribution in [2.45, 2.75) is 62.8 Å². The summed E-state index contributed by atoms with van der Waals surface area (Å²) in [5.74, 6) is -2.39. The molecule has 0 aromatic heterocycles. The van der Waals surface area contributed by atoms with E-state index in [1.807, 2.05) is 18.2 Å². The topological polar surface area (TPSA) is 98.7 Å². The third-order valence-electron chi connectivity index (χ3n) is 7.05. The SMILES string of the molecule is C[C@@H](O)[C@@H]1N[C@]2(C(=O)Nc3ccccc32)[C@@H]2C(=O)N(C3CCCCC3)C(=O)[C@H]12. The number of likely N-dealkylation sites (tertiary alicyclic amines) is 1. The Morgan fingerprint density at radius 1 is 1.11 bits per heavy atom. The van der Waals surface area contributed by atoms with Gasteiger partial charge in [-0.05, 0) is 25.8 Å². The van der Waals surface area contributed by atoms with Gasteiger partial charge in [-0.2, -0.15) is 0 Å². The van der Waals surface area contributed by atoms with Crippen molar-refractivity contribution in [3.63, 3.8) is 0 Å². The maximum Gasteiger partial charge on any atom is 0.250 e. The summed E-state index contributed by atoms with van der Waals surface area (Å²) in [7, 11) is 0. The van der Waals surface area contributed by atoms with Gasteiger partial charge in [-0.1, -0.05) is 37.5 Å². The summed E-state index contributed by atoms with van der Waals surface area (Å²) >= 11 is 0. The van der Waals surface area contributed by atoms with Crippen molar-refractivity contribution >= 4 is 23.4 Å². The Labute approximate surface area is 163 Å². The zero-order chi connectivity index (χ0) is 19.6. The number of rotatable bonds is 2. The quantitative estimate of drug-likeness (QED) is 0.665. The monoisotopic (exact) mass is 383 g/mol. The molecule has 4 aliphatic rings. The van der Waals surface area contributed by atoms with Gasteiger partial charge in [-0.15, -0.1) is 0 Å². The Kier molecular flexibility index (Phi) is 3.90. The van der Waals surface area contributed by atoms with Crippen molar-refractivity contribution in [2.75, 3.05) is 5.32 Å². The van der Waals surface area contributed by atoms with Crippen LogP contribution in [-0.4, -0.2) is 45.9 Å². The smallest absolute Gasteiger partial charge is 0.250 e. The van der Waals surface area contributed by atoms with Crippen LogP contribution < -0.4 is 10.6 Å². The fourth-order valence-corrected chi connectivity index (χ4v) is 5.82. The number of amides is 3. The molecule has 3 heterocycles. The van der Waals surface area contributed by atoms with Crippen LogP contribution in [0.3, 0.4) is 0 Å². The average Bonchev–Trinajstić information content (AvgIpc) is 3.28. The lowest BCUT2D eigenvalue weighted by Gasteiger charge is -2.34. The van der Waals surface area contributed by atoms with Crippen molar-refractivity contribution in [3.05, 3.63) is 29.8 Å².